The first-order chi connectivity index (χ1) is 34.1. The molecule has 2 saturated carbocycles. The fourth-order valence-corrected chi connectivity index (χ4v) is 17.5. The van der Waals surface area contributed by atoms with Crippen LogP contribution < -0.4 is 31.1 Å². The van der Waals surface area contributed by atoms with Crippen molar-refractivity contribution < 1.29 is 0 Å². The lowest BCUT2D eigenvalue weighted by atomic mass is 9.36. The molecule has 0 saturated heterocycles. The molecule has 14 rings (SSSR count). The molecule has 0 radical (unpaired) electrons. The largest absolute Gasteiger partial charge is 0.334 e. The minimum atomic E-state index is -0.0562. The topological polar surface area (TPSA) is 9.72 Å². The smallest absolute Gasteiger partial charge is 0.248 e. The molecule has 6 aromatic carbocycles. The molecule has 0 N–H and O–H groups in total. The average Bonchev–Trinajstić information content (AvgIpc) is 3.87. The zero-order chi connectivity index (χ0) is 49.9. The van der Waals surface area contributed by atoms with Crippen LogP contribution in [0.1, 0.15) is 194 Å². The highest BCUT2D eigenvalue weighted by atomic mass is 15.3. The van der Waals surface area contributed by atoms with Crippen LogP contribution in [0.2, 0.25) is 0 Å². The number of hydrogen-bond donors (Lipinski definition) is 0. The van der Waals surface area contributed by atoms with Gasteiger partial charge in [-0.15, -0.1) is 0 Å². The average molecular weight is 948 g/mol. The van der Waals surface area contributed by atoms with Crippen molar-refractivity contribution in [2.24, 2.45) is 0 Å². The van der Waals surface area contributed by atoms with Gasteiger partial charge in [-0.3, -0.25) is 0 Å². The van der Waals surface area contributed by atoms with Crippen molar-refractivity contribution in [3.63, 3.8) is 0 Å². The molecule has 8 aliphatic rings. The first-order valence-electron chi connectivity index (χ1n) is 28.4. The minimum absolute atomic E-state index is 0.0110. The van der Waals surface area contributed by atoms with Crippen LogP contribution in [-0.2, 0) is 32.5 Å². The molecular formula is C68H78BN3. The first-order valence-corrected chi connectivity index (χ1v) is 28.4. The van der Waals surface area contributed by atoms with Gasteiger partial charge < -0.3 is 14.7 Å². The number of rotatable bonds is 3. The zero-order valence-electron chi connectivity index (χ0n) is 45.8. The fraction of sp³-hybridized carbons (Fsp3) is 0.471. The third-order valence-electron chi connectivity index (χ3n) is 22.5. The lowest BCUT2D eigenvalue weighted by Crippen LogP contribution is -2.57. The van der Waals surface area contributed by atoms with Gasteiger partial charge in [0.05, 0.1) is 11.1 Å². The number of nitrogens with zero attached hydrogens (tertiary/aromatic N) is 3. The Hall–Kier alpha value is -5.22. The Bertz CT molecular complexity index is 3340. The molecule has 4 aliphatic carbocycles. The summed E-state index contributed by atoms with van der Waals surface area (Å²) in [6.45, 7) is 30.5. The maximum absolute atomic E-state index is 2.84. The molecule has 6 aromatic rings. The molecular weight excluding hydrogens is 870 g/mol. The van der Waals surface area contributed by atoms with Crippen molar-refractivity contribution >= 4 is 62.9 Å². The summed E-state index contributed by atoms with van der Waals surface area (Å²) in [4.78, 5) is 8.44. The van der Waals surface area contributed by atoms with Gasteiger partial charge >= 0.3 is 0 Å². The second-order valence-corrected chi connectivity index (χ2v) is 28.0. The zero-order valence-corrected chi connectivity index (χ0v) is 45.8. The van der Waals surface area contributed by atoms with E-state index in [0.29, 0.717) is 0 Å². The summed E-state index contributed by atoms with van der Waals surface area (Å²) in [5.41, 5.74) is 26.4. The SMILES string of the molecule is CC1(C)CCC(C)(C)c2cc(N3c4cc5c(cc4B4c6cc(N7c8ccccc8C8(C)CCCCC78C)ccc6-c6cc(N7c8ccccc8C8(C)CCCCC78C)cc3c64)C(C)(C)CCC5(C)C)ccc21. The van der Waals surface area contributed by atoms with E-state index in [2.05, 4.69) is 207 Å². The lowest BCUT2D eigenvalue weighted by molar-refractivity contribution is 0.195. The van der Waals surface area contributed by atoms with E-state index in [9.17, 15) is 0 Å². The van der Waals surface area contributed by atoms with Crippen LogP contribution in [-0.4, -0.2) is 17.8 Å². The summed E-state index contributed by atoms with van der Waals surface area (Å²) in [5.74, 6) is 0. The highest BCUT2D eigenvalue weighted by molar-refractivity contribution is 7.01. The molecule has 4 heteroatoms. The van der Waals surface area contributed by atoms with Crippen LogP contribution in [0.4, 0.5) is 39.8 Å². The molecule has 2 fully saturated rings. The fourth-order valence-electron chi connectivity index (χ4n) is 17.5. The molecule has 4 aliphatic heterocycles. The van der Waals surface area contributed by atoms with E-state index in [0.717, 1.165) is 0 Å². The summed E-state index contributed by atoms with van der Waals surface area (Å²) >= 11 is 0. The Labute approximate surface area is 432 Å². The van der Waals surface area contributed by atoms with Crippen LogP contribution >= 0.6 is 0 Å². The van der Waals surface area contributed by atoms with Gasteiger partial charge in [-0.05, 0) is 197 Å². The lowest BCUT2D eigenvalue weighted by Gasteiger charge is -2.50. The Balaban J connectivity index is 1.07. The van der Waals surface area contributed by atoms with E-state index in [4.69, 9.17) is 0 Å². The van der Waals surface area contributed by atoms with E-state index in [1.165, 1.54) is 172 Å². The van der Waals surface area contributed by atoms with Crippen LogP contribution in [0.25, 0.3) is 11.1 Å². The molecule has 0 bridgehead atoms. The second kappa shape index (κ2) is 14.3. The van der Waals surface area contributed by atoms with Crippen LogP contribution in [0, 0.1) is 0 Å². The maximum Gasteiger partial charge on any atom is 0.248 e. The Morgan fingerprint density at radius 3 is 1.44 bits per heavy atom. The summed E-state index contributed by atoms with van der Waals surface area (Å²) in [6, 6.07) is 45.2. The van der Waals surface area contributed by atoms with Crippen molar-refractivity contribution in [1.29, 1.82) is 0 Å². The molecule has 0 aromatic heterocycles. The van der Waals surface area contributed by atoms with E-state index in [1.54, 1.807) is 5.56 Å². The van der Waals surface area contributed by atoms with Crippen molar-refractivity contribution in [1.82, 2.24) is 0 Å². The van der Waals surface area contributed by atoms with Crippen molar-refractivity contribution in [2.75, 3.05) is 14.7 Å². The highest BCUT2D eigenvalue weighted by Gasteiger charge is 2.60. The van der Waals surface area contributed by atoms with Crippen molar-refractivity contribution in [2.45, 2.75) is 204 Å². The third kappa shape index (κ3) is 5.61. The molecule has 4 atom stereocenters. The number of benzene rings is 6. The first kappa shape index (κ1) is 45.4. The van der Waals surface area contributed by atoms with Gasteiger partial charge in [-0.2, -0.15) is 0 Å². The van der Waals surface area contributed by atoms with Crippen molar-refractivity contribution in [3.8, 4) is 11.1 Å². The van der Waals surface area contributed by atoms with Gasteiger partial charge in [0, 0.05) is 50.6 Å². The summed E-state index contributed by atoms with van der Waals surface area (Å²) in [7, 11) is 0. The maximum atomic E-state index is 2.84. The molecule has 0 amide bonds. The normalized spacial score (nSPS) is 29.0. The molecule has 72 heavy (non-hydrogen) atoms. The van der Waals surface area contributed by atoms with Gasteiger partial charge in [-0.25, -0.2) is 0 Å². The number of hydrogen-bond acceptors (Lipinski definition) is 3. The Kier molecular flexibility index (Phi) is 9.04. The molecule has 4 heterocycles. The van der Waals surface area contributed by atoms with Gasteiger partial charge in [0.1, 0.15) is 0 Å². The number of fused-ring (bicyclic) bond motifs is 13. The monoisotopic (exact) mass is 948 g/mol. The quantitative estimate of drug-likeness (QED) is 0.163. The molecule has 3 nitrogen and oxygen atoms in total. The van der Waals surface area contributed by atoms with Gasteiger partial charge in [0.25, 0.3) is 0 Å². The second-order valence-electron chi connectivity index (χ2n) is 28.0. The number of para-hydroxylation sites is 2. The molecule has 368 valence electrons. The third-order valence-corrected chi connectivity index (χ3v) is 22.5. The molecule has 4 unspecified atom stereocenters. The predicted molar refractivity (Wildman–Crippen MR) is 307 cm³/mol. The Morgan fingerprint density at radius 1 is 0.347 bits per heavy atom. The van der Waals surface area contributed by atoms with Gasteiger partial charge in [0.2, 0.25) is 6.71 Å². The van der Waals surface area contributed by atoms with E-state index < -0.39 is 0 Å². The van der Waals surface area contributed by atoms with E-state index in [-0.39, 0.29) is 50.3 Å². The van der Waals surface area contributed by atoms with E-state index in [1.807, 2.05) is 0 Å². The highest BCUT2D eigenvalue weighted by Crippen LogP contribution is 2.63. The standard InChI is InChI=1S/C68H78BN3/c1-61(2)33-34-62(3,4)51-38-43(26-28-48(51)61)70-58-42-53-52(63(5,6)35-36-64(53,7)8)41-55(58)69-54-39-44(71-56-23-15-13-21-49(56)65(9)29-17-19-31-67(65,71)11)25-27-46(54)47-37-45(40-59(70)60(47)69)72-57-24-16-14-22-50(57)66(10)30-18-20-32-68(66,72)12/h13-16,21-28,37-42H,17-20,29-36H2,1-12H3. The number of anilines is 7. The van der Waals surface area contributed by atoms with Crippen molar-refractivity contribution in [3.05, 3.63) is 143 Å². The van der Waals surface area contributed by atoms with Crippen LogP contribution in [0.5, 0.6) is 0 Å². The van der Waals surface area contributed by atoms with E-state index >= 15 is 0 Å². The summed E-state index contributed by atoms with van der Waals surface area (Å²) in [6.07, 6.45) is 14.7. The van der Waals surface area contributed by atoms with Crippen LogP contribution in [0.15, 0.2) is 109 Å². The van der Waals surface area contributed by atoms with Crippen LogP contribution in [0.3, 0.4) is 0 Å². The Morgan fingerprint density at radius 2 is 0.847 bits per heavy atom. The van der Waals surface area contributed by atoms with Gasteiger partial charge in [-0.1, -0.05) is 155 Å². The summed E-state index contributed by atoms with van der Waals surface area (Å²) in [5, 5.41) is 0. The predicted octanol–water partition coefficient (Wildman–Crippen LogP) is 16.1. The minimum Gasteiger partial charge on any atom is -0.334 e. The summed E-state index contributed by atoms with van der Waals surface area (Å²) < 4.78 is 0. The van der Waals surface area contributed by atoms with Gasteiger partial charge in [0.15, 0.2) is 0 Å². The molecule has 0 spiro atoms.